The Morgan fingerprint density at radius 1 is 0.706 bits per heavy atom. The molecule has 0 saturated heterocycles. The van der Waals surface area contributed by atoms with Gasteiger partial charge in [-0.3, -0.25) is 4.99 Å². The van der Waals surface area contributed by atoms with Gasteiger partial charge in [0.05, 0.1) is 5.71 Å². The summed E-state index contributed by atoms with van der Waals surface area (Å²) < 4.78 is 6.06. The molecule has 0 radical (unpaired) electrons. The predicted octanol–water partition coefficient (Wildman–Crippen LogP) is 7.63. The van der Waals surface area contributed by atoms with E-state index in [1.807, 2.05) is 18.2 Å². The van der Waals surface area contributed by atoms with Gasteiger partial charge >= 0.3 is 0 Å². The first-order valence-electron chi connectivity index (χ1n) is 11.8. The molecule has 0 aromatic heterocycles. The van der Waals surface area contributed by atoms with Crippen LogP contribution < -0.4 is 4.74 Å². The summed E-state index contributed by atoms with van der Waals surface area (Å²) in [6.07, 6.45) is 5.35. The summed E-state index contributed by atoms with van der Waals surface area (Å²) in [4.78, 5) is 4.86. The number of ether oxygens (including phenoxy) is 1. The van der Waals surface area contributed by atoms with Crippen molar-refractivity contribution in [3.05, 3.63) is 131 Å². The zero-order valence-corrected chi connectivity index (χ0v) is 18.9. The van der Waals surface area contributed by atoms with E-state index in [1.54, 1.807) is 0 Å². The van der Waals surface area contributed by atoms with E-state index < -0.39 is 0 Å². The Labute approximate surface area is 199 Å². The van der Waals surface area contributed by atoms with Crippen molar-refractivity contribution in [3.63, 3.8) is 0 Å². The molecule has 6 rings (SSSR count). The number of fused-ring (bicyclic) bond motifs is 3. The highest BCUT2D eigenvalue weighted by molar-refractivity contribution is 6.15. The Hall–Kier alpha value is -4.17. The normalized spacial score (nSPS) is 13.2. The van der Waals surface area contributed by atoms with E-state index in [4.69, 9.17) is 9.73 Å². The second-order valence-corrected chi connectivity index (χ2v) is 8.68. The highest BCUT2D eigenvalue weighted by Crippen LogP contribution is 2.30. The standard InChI is InChI=1S/C32H25NO/c1-2-8-23(9-3-1)22-34-27-14-15-30-26(21-27)18-19-33-32(30)17-16-31-28-12-6-4-10-24(28)20-25-11-5-7-13-29(25)31/h1-17,20-21H,18-19,22H2. The van der Waals surface area contributed by atoms with Crippen LogP contribution in [0.5, 0.6) is 5.75 Å². The van der Waals surface area contributed by atoms with Crippen LogP contribution in [0.1, 0.15) is 22.3 Å². The second-order valence-electron chi connectivity index (χ2n) is 8.68. The van der Waals surface area contributed by atoms with Crippen molar-refractivity contribution in [1.82, 2.24) is 0 Å². The fraction of sp³-hybridized carbons (Fsp3) is 0.0938. The Balaban J connectivity index is 1.32. The van der Waals surface area contributed by atoms with Gasteiger partial charge in [0.25, 0.3) is 0 Å². The lowest BCUT2D eigenvalue weighted by atomic mass is 9.94. The Kier molecular flexibility index (Phi) is 5.41. The lowest BCUT2D eigenvalue weighted by molar-refractivity contribution is 0.306. The molecule has 1 aliphatic rings. The van der Waals surface area contributed by atoms with Crippen LogP contribution in [0.2, 0.25) is 0 Å². The highest BCUT2D eigenvalue weighted by Gasteiger charge is 2.14. The molecule has 0 unspecified atom stereocenters. The van der Waals surface area contributed by atoms with Crippen molar-refractivity contribution < 1.29 is 4.74 Å². The average molecular weight is 440 g/mol. The van der Waals surface area contributed by atoms with E-state index in [9.17, 15) is 0 Å². The van der Waals surface area contributed by atoms with E-state index in [-0.39, 0.29) is 0 Å². The van der Waals surface area contributed by atoms with Crippen LogP contribution in [0.4, 0.5) is 0 Å². The predicted molar refractivity (Wildman–Crippen MR) is 143 cm³/mol. The van der Waals surface area contributed by atoms with E-state index in [1.165, 1.54) is 43.8 Å². The maximum atomic E-state index is 6.06. The monoisotopic (exact) mass is 439 g/mol. The van der Waals surface area contributed by atoms with Gasteiger partial charge in [0.2, 0.25) is 0 Å². The average Bonchev–Trinajstić information content (AvgIpc) is 2.90. The van der Waals surface area contributed by atoms with Gasteiger partial charge in [-0.2, -0.15) is 0 Å². The van der Waals surface area contributed by atoms with Gasteiger partial charge in [-0.25, -0.2) is 0 Å². The maximum Gasteiger partial charge on any atom is 0.120 e. The van der Waals surface area contributed by atoms with Crippen LogP contribution >= 0.6 is 0 Å². The van der Waals surface area contributed by atoms with E-state index in [0.717, 1.165) is 24.4 Å². The van der Waals surface area contributed by atoms with Gasteiger partial charge in [-0.05, 0) is 75.0 Å². The molecule has 0 atom stereocenters. The van der Waals surface area contributed by atoms with Crippen LogP contribution in [-0.4, -0.2) is 12.3 Å². The topological polar surface area (TPSA) is 21.6 Å². The molecule has 0 spiro atoms. The molecule has 5 aromatic carbocycles. The third-order valence-corrected chi connectivity index (χ3v) is 6.49. The van der Waals surface area contributed by atoms with Crippen LogP contribution in [-0.2, 0) is 13.0 Å². The Morgan fingerprint density at radius 2 is 1.41 bits per heavy atom. The zero-order valence-electron chi connectivity index (χ0n) is 18.9. The summed E-state index contributed by atoms with van der Waals surface area (Å²) in [6.45, 7) is 1.37. The molecule has 0 bridgehead atoms. The van der Waals surface area contributed by atoms with E-state index in [0.29, 0.717) is 6.61 Å². The molecule has 0 saturated carbocycles. The van der Waals surface area contributed by atoms with Crippen LogP contribution in [0.25, 0.3) is 27.6 Å². The number of aliphatic imine (C=N–C) groups is 1. The molecule has 0 fully saturated rings. The second kappa shape index (κ2) is 8.99. The first-order chi connectivity index (χ1) is 16.8. The van der Waals surface area contributed by atoms with Gasteiger partial charge in [0, 0.05) is 12.1 Å². The highest BCUT2D eigenvalue weighted by atomic mass is 16.5. The maximum absolute atomic E-state index is 6.06. The smallest absolute Gasteiger partial charge is 0.120 e. The number of benzene rings is 5. The van der Waals surface area contributed by atoms with E-state index in [2.05, 4.69) is 97.1 Å². The molecule has 2 heteroatoms. The SMILES string of the molecule is C(=Cc1c2ccccc2cc2ccccc12)C1=NCCc2cc(OCc3ccccc3)ccc21. The number of hydrogen-bond donors (Lipinski definition) is 0. The first kappa shape index (κ1) is 20.4. The molecule has 1 aliphatic heterocycles. The van der Waals surface area contributed by atoms with Gasteiger partial charge in [0.15, 0.2) is 0 Å². The summed E-state index contributed by atoms with van der Waals surface area (Å²) in [6, 6.07) is 36.1. The molecule has 164 valence electrons. The molecule has 2 nitrogen and oxygen atoms in total. The number of rotatable bonds is 5. The third-order valence-electron chi connectivity index (χ3n) is 6.49. The zero-order chi connectivity index (χ0) is 22.7. The van der Waals surface area contributed by atoms with Crippen molar-refractivity contribution in [2.75, 3.05) is 6.54 Å². The fourth-order valence-electron chi connectivity index (χ4n) is 4.77. The van der Waals surface area contributed by atoms with Gasteiger partial charge in [-0.15, -0.1) is 0 Å². The molecule has 5 aromatic rings. The molecule has 0 aliphatic carbocycles. The summed E-state index contributed by atoms with van der Waals surface area (Å²) in [5.41, 5.74) is 5.94. The molecular weight excluding hydrogens is 414 g/mol. The minimum Gasteiger partial charge on any atom is -0.489 e. The minimum atomic E-state index is 0.578. The van der Waals surface area contributed by atoms with Crippen molar-refractivity contribution in [3.8, 4) is 5.75 Å². The lowest BCUT2D eigenvalue weighted by Gasteiger charge is -2.17. The Bertz CT molecular complexity index is 1490. The number of hydrogen-bond acceptors (Lipinski definition) is 2. The van der Waals surface area contributed by atoms with Crippen molar-refractivity contribution in [2.45, 2.75) is 13.0 Å². The summed E-state index contributed by atoms with van der Waals surface area (Å²) in [5.74, 6) is 0.910. The van der Waals surface area contributed by atoms with Crippen molar-refractivity contribution in [1.29, 1.82) is 0 Å². The van der Waals surface area contributed by atoms with Crippen LogP contribution in [0.15, 0.2) is 114 Å². The molecule has 0 N–H and O–H groups in total. The van der Waals surface area contributed by atoms with Gasteiger partial charge < -0.3 is 4.74 Å². The lowest BCUT2D eigenvalue weighted by Crippen LogP contribution is -2.11. The molecule has 1 heterocycles. The minimum absolute atomic E-state index is 0.578. The summed E-state index contributed by atoms with van der Waals surface area (Å²) in [5, 5.41) is 5.04. The van der Waals surface area contributed by atoms with E-state index >= 15 is 0 Å². The Morgan fingerprint density at radius 3 is 2.18 bits per heavy atom. The summed E-state index contributed by atoms with van der Waals surface area (Å²) in [7, 11) is 0. The fourth-order valence-corrected chi connectivity index (χ4v) is 4.77. The third kappa shape index (κ3) is 3.99. The van der Waals surface area contributed by atoms with Crippen LogP contribution in [0, 0.1) is 0 Å². The van der Waals surface area contributed by atoms with Crippen LogP contribution in [0.3, 0.4) is 0 Å². The number of allylic oxidation sites excluding steroid dienone is 1. The molecular formula is C32H25NO. The largest absolute Gasteiger partial charge is 0.489 e. The van der Waals surface area contributed by atoms with Crippen molar-refractivity contribution in [2.24, 2.45) is 4.99 Å². The van der Waals surface area contributed by atoms with Gasteiger partial charge in [-0.1, -0.05) is 84.9 Å². The number of nitrogens with zero attached hydrogens (tertiary/aromatic N) is 1. The van der Waals surface area contributed by atoms with Gasteiger partial charge in [0.1, 0.15) is 12.4 Å². The first-order valence-corrected chi connectivity index (χ1v) is 11.8. The molecule has 34 heavy (non-hydrogen) atoms. The summed E-state index contributed by atoms with van der Waals surface area (Å²) >= 11 is 0. The quantitative estimate of drug-likeness (QED) is 0.258. The van der Waals surface area contributed by atoms with Crippen molar-refractivity contribution >= 4 is 33.3 Å². The molecule has 0 amide bonds.